The third-order valence-electron chi connectivity index (χ3n) is 3.23. The van der Waals surface area contributed by atoms with Gasteiger partial charge in [-0.15, -0.1) is 0 Å². The number of rotatable bonds is 3. The SMILES string of the molecule is CNC(=O)C1(c2ccccc2)CC1C(N)=O. The molecule has 1 aliphatic carbocycles. The molecule has 0 heterocycles. The zero-order chi connectivity index (χ0) is 11.8. The highest BCUT2D eigenvalue weighted by molar-refractivity contribution is 6.00. The van der Waals surface area contributed by atoms with Crippen molar-refractivity contribution in [2.75, 3.05) is 7.05 Å². The highest BCUT2D eigenvalue weighted by Crippen LogP contribution is 2.54. The number of nitrogens with one attached hydrogen (secondary N) is 1. The van der Waals surface area contributed by atoms with Crippen LogP contribution in [0.4, 0.5) is 0 Å². The van der Waals surface area contributed by atoms with Crippen molar-refractivity contribution in [3.8, 4) is 0 Å². The molecule has 0 radical (unpaired) electrons. The summed E-state index contributed by atoms with van der Waals surface area (Å²) in [7, 11) is 1.57. The minimum absolute atomic E-state index is 0.137. The normalized spacial score (nSPS) is 27.2. The smallest absolute Gasteiger partial charge is 0.231 e. The van der Waals surface area contributed by atoms with Crippen molar-refractivity contribution in [1.29, 1.82) is 0 Å². The van der Waals surface area contributed by atoms with Crippen molar-refractivity contribution >= 4 is 11.8 Å². The van der Waals surface area contributed by atoms with Gasteiger partial charge in [0.2, 0.25) is 11.8 Å². The molecule has 84 valence electrons. The van der Waals surface area contributed by atoms with E-state index in [2.05, 4.69) is 5.32 Å². The zero-order valence-corrected chi connectivity index (χ0v) is 9.07. The summed E-state index contributed by atoms with van der Waals surface area (Å²) < 4.78 is 0. The minimum Gasteiger partial charge on any atom is -0.369 e. The van der Waals surface area contributed by atoms with Crippen LogP contribution in [0.1, 0.15) is 12.0 Å². The van der Waals surface area contributed by atoms with Crippen molar-refractivity contribution < 1.29 is 9.59 Å². The van der Waals surface area contributed by atoms with Crippen LogP contribution in [0.3, 0.4) is 0 Å². The molecule has 2 unspecified atom stereocenters. The van der Waals surface area contributed by atoms with Gasteiger partial charge in [0.15, 0.2) is 0 Å². The molecule has 3 N–H and O–H groups in total. The average molecular weight is 218 g/mol. The van der Waals surface area contributed by atoms with Crippen LogP contribution in [0.15, 0.2) is 30.3 Å². The molecular weight excluding hydrogens is 204 g/mol. The number of primary amides is 1. The van der Waals surface area contributed by atoms with E-state index in [0.29, 0.717) is 6.42 Å². The predicted molar refractivity (Wildman–Crippen MR) is 59.5 cm³/mol. The summed E-state index contributed by atoms with van der Waals surface area (Å²) in [5.41, 5.74) is 5.41. The van der Waals surface area contributed by atoms with Gasteiger partial charge in [0.05, 0.1) is 11.3 Å². The zero-order valence-electron chi connectivity index (χ0n) is 9.07. The number of amides is 2. The number of carbonyl (C=O) groups excluding carboxylic acids is 2. The summed E-state index contributed by atoms with van der Waals surface area (Å²) in [6.45, 7) is 0. The Balaban J connectivity index is 2.39. The lowest BCUT2D eigenvalue weighted by molar-refractivity contribution is -0.126. The molecule has 0 saturated heterocycles. The number of likely N-dealkylation sites (N-methyl/N-ethyl adjacent to an activating group) is 1. The molecular formula is C12H14N2O2. The molecule has 1 aromatic rings. The second kappa shape index (κ2) is 3.63. The number of nitrogens with two attached hydrogens (primary N) is 1. The first-order chi connectivity index (χ1) is 7.63. The van der Waals surface area contributed by atoms with E-state index in [1.807, 2.05) is 30.3 Å². The van der Waals surface area contributed by atoms with Crippen molar-refractivity contribution in [2.45, 2.75) is 11.8 Å². The summed E-state index contributed by atoms with van der Waals surface area (Å²) in [5.74, 6) is -0.926. The lowest BCUT2D eigenvalue weighted by atomic mass is 9.92. The standard InChI is InChI=1S/C12H14N2O2/c1-14-11(16)12(7-9(12)10(13)15)8-5-3-2-4-6-8/h2-6,9H,7H2,1H3,(H2,13,15)(H,14,16). The van der Waals surface area contributed by atoms with E-state index in [4.69, 9.17) is 5.73 Å². The minimum atomic E-state index is -0.734. The number of benzene rings is 1. The topological polar surface area (TPSA) is 72.2 Å². The monoisotopic (exact) mass is 218 g/mol. The Bertz CT molecular complexity index is 430. The molecule has 2 atom stereocenters. The number of carbonyl (C=O) groups is 2. The van der Waals surface area contributed by atoms with Gasteiger partial charge in [-0.2, -0.15) is 0 Å². The van der Waals surface area contributed by atoms with E-state index < -0.39 is 11.3 Å². The molecule has 4 heteroatoms. The molecule has 0 aromatic heterocycles. The largest absolute Gasteiger partial charge is 0.369 e. The molecule has 2 rings (SSSR count). The number of hydrogen-bond acceptors (Lipinski definition) is 2. The van der Waals surface area contributed by atoms with Gasteiger partial charge in [0.1, 0.15) is 0 Å². The van der Waals surface area contributed by atoms with Gasteiger partial charge in [0, 0.05) is 7.05 Å². The summed E-state index contributed by atoms with van der Waals surface area (Å²) in [6.07, 6.45) is 0.506. The Kier molecular flexibility index (Phi) is 2.42. The van der Waals surface area contributed by atoms with Crippen molar-refractivity contribution in [2.24, 2.45) is 11.7 Å². The average Bonchev–Trinajstić information content (AvgIpc) is 3.06. The number of hydrogen-bond donors (Lipinski definition) is 2. The molecule has 0 aliphatic heterocycles. The molecule has 0 bridgehead atoms. The van der Waals surface area contributed by atoms with Crippen LogP contribution in [0, 0.1) is 5.92 Å². The Morgan fingerprint density at radius 1 is 1.38 bits per heavy atom. The van der Waals surface area contributed by atoms with Gasteiger partial charge >= 0.3 is 0 Å². The third-order valence-corrected chi connectivity index (χ3v) is 3.23. The first-order valence-electron chi connectivity index (χ1n) is 5.20. The van der Waals surface area contributed by atoms with E-state index in [0.717, 1.165) is 5.56 Å². The fourth-order valence-electron chi connectivity index (χ4n) is 2.27. The van der Waals surface area contributed by atoms with Gasteiger partial charge in [-0.1, -0.05) is 30.3 Å². The van der Waals surface area contributed by atoms with Gasteiger partial charge in [-0.05, 0) is 12.0 Å². The lowest BCUT2D eigenvalue weighted by Gasteiger charge is -2.15. The molecule has 1 aromatic carbocycles. The lowest BCUT2D eigenvalue weighted by Crippen LogP contribution is -2.36. The van der Waals surface area contributed by atoms with Gasteiger partial charge in [0.25, 0.3) is 0 Å². The Labute approximate surface area is 93.8 Å². The van der Waals surface area contributed by atoms with E-state index in [9.17, 15) is 9.59 Å². The summed E-state index contributed by atoms with van der Waals surface area (Å²) in [5, 5.41) is 2.60. The molecule has 0 spiro atoms. The van der Waals surface area contributed by atoms with E-state index in [-0.39, 0.29) is 11.8 Å². The molecule has 2 amide bonds. The summed E-state index contributed by atoms with van der Waals surface area (Å²) in [4.78, 5) is 23.1. The highest BCUT2D eigenvalue weighted by Gasteiger charge is 2.63. The second-order valence-electron chi connectivity index (χ2n) is 4.08. The summed E-state index contributed by atoms with van der Waals surface area (Å²) >= 11 is 0. The molecule has 1 saturated carbocycles. The van der Waals surface area contributed by atoms with E-state index in [1.54, 1.807) is 7.05 Å². The first-order valence-corrected chi connectivity index (χ1v) is 5.20. The fraction of sp³-hybridized carbons (Fsp3) is 0.333. The maximum absolute atomic E-state index is 11.9. The fourth-order valence-corrected chi connectivity index (χ4v) is 2.27. The van der Waals surface area contributed by atoms with Crippen LogP contribution in [0.2, 0.25) is 0 Å². The molecule has 1 aliphatic rings. The van der Waals surface area contributed by atoms with Crippen molar-refractivity contribution in [1.82, 2.24) is 5.32 Å². The predicted octanol–water partition coefficient (Wildman–Crippen LogP) is 0.176. The quantitative estimate of drug-likeness (QED) is 0.759. The molecule has 16 heavy (non-hydrogen) atoms. The van der Waals surface area contributed by atoms with Crippen LogP contribution >= 0.6 is 0 Å². The first kappa shape index (κ1) is 10.7. The highest BCUT2D eigenvalue weighted by atomic mass is 16.2. The maximum atomic E-state index is 11.9. The van der Waals surface area contributed by atoms with E-state index >= 15 is 0 Å². The van der Waals surface area contributed by atoms with Gasteiger partial charge in [-0.3, -0.25) is 9.59 Å². The van der Waals surface area contributed by atoms with Crippen LogP contribution in [0.25, 0.3) is 0 Å². The van der Waals surface area contributed by atoms with Crippen LogP contribution in [-0.4, -0.2) is 18.9 Å². The Hall–Kier alpha value is -1.84. The molecule has 1 fully saturated rings. The van der Waals surface area contributed by atoms with Gasteiger partial charge in [-0.25, -0.2) is 0 Å². The molecule has 4 nitrogen and oxygen atoms in total. The van der Waals surface area contributed by atoms with Crippen LogP contribution < -0.4 is 11.1 Å². The van der Waals surface area contributed by atoms with Crippen molar-refractivity contribution in [3.63, 3.8) is 0 Å². The van der Waals surface area contributed by atoms with E-state index in [1.165, 1.54) is 0 Å². The van der Waals surface area contributed by atoms with Crippen LogP contribution in [0.5, 0.6) is 0 Å². The van der Waals surface area contributed by atoms with Gasteiger partial charge < -0.3 is 11.1 Å². The van der Waals surface area contributed by atoms with Crippen LogP contribution in [-0.2, 0) is 15.0 Å². The summed E-state index contributed by atoms with van der Waals surface area (Å²) in [6, 6.07) is 9.31. The maximum Gasteiger partial charge on any atom is 0.231 e. The third kappa shape index (κ3) is 1.38. The Morgan fingerprint density at radius 2 is 2.00 bits per heavy atom. The van der Waals surface area contributed by atoms with Crippen molar-refractivity contribution in [3.05, 3.63) is 35.9 Å². The second-order valence-corrected chi connectivity index (χ2v) is 4.08. The Morgan fingerprint density at radius 3 is 2.44 bits per heavy atom.